The first-order valence-electron chi connectivity index (χ1n) is 6.54. The van der Waals surface area contributed by atoms with Gasteiger partial charge < -0.3 is 14.8 Å². The fraction of sp³-hybridized carbons (Fsp3) is 0.357. The van der Waals surface area contributed by atoms with E-state index in [2.05, 4.69) is 15.3 Å². The molecule has 0 atom stereocenters. The highest BCUT2D eigenvalue weighted by atomic mass is 16.2. The van der Waals surface area contributed by atoms with Gasteiger partial charge in [-0.1, -0.05) is 0 Å². The molecule has 0 spiro atoms. The van der Waals surface area contributed by atoms with E-state index in [1.165, 1.54) is 4.90 Å². The molecule has 0 saturated heterocycles. The van der Waals surface area contributed by atoms with E-state index >= 15 is 0 Å². The van der Waals surface area contributed by atoms with Crippen LogP contribution in [0.15, 0.2) is 37.1 Å². The highest BCUT2D eigenvalue weighted by Crippen LogP contribution is 2.06. The Bertz CT molecular complexity index is 533. The van der Waals surface area contributed by atoms with E-state index in [1.807, 2.05) is 16.8 Å². The molecule has 2 aromatic heterocycles. The quantitative estimate of drug-likeness (QED) is 0.810. The van der Waals surface area contributed by atoms with Crippen LogP contribution in [0, 0.1) is 0 Å². The van der Waals surface area contributed by atoms with Gasteiger partial charge in [-0.05, 0) is 18.6 Å². The molecule has 0 aliphatic rings. The van der Waals surface area contributed by atoms with Crippen molar-refractivity contribution in [3.63, 3.8) is 0 Å². The third-order valence-electron chi connectivity index (χ3n) is 2.88. The Morgan fingerprint density at radius 3 is 2.85 bits per heavy atom. The molecule has 6 heteroatoms. The van der Waals surface area contributed by atoms with E-state index in [1.54, 1.807) is 38.9 Å². The summed E-state index contributed by atoms with van der Waals surface area (Å²) in [5.74, 6) is 0.745. The summed E-state index contributed by atoms with van der Waals surface area (Å²) in [6.45, 7) is 1.75. The number of imidazole rings is 1. The van der Waals surface area contributed by atoms with Gasteiger partial charge in [-0.2, -0.15) is 0 Å². The molecule has 0 aromatic carbocycles. The molecule has 0 unspecified atom stereocenters. The number of amides is 1. The van der Waals surface area contributed by atoms with Crippen LogP contribution in [0.1, 0.15) is 16.8 Å². The molecule has 0 aliphatic carbocycles. The summed E-state index contributed by atoms with van der Waals surface area (Å²) in [4.78, 5) is 21.5. The van der Waals surface area contributed by atoms with Crippen molar-refractivity contribution in [2.24, 2.45) is 0 Å². The second-order valence-corrected chi connectivity index (χ2v) is 4.71. The number of nitrogens with zero attached hydrogens (tertiary/aromatic N) is 4. The van der Waals surface area contributed by atoms with E-state index in [4.69, 9.17) is 0 Å². The van der Waals surface area contributed by atoms with Gasteiger partial charge in [-0.25, -0.2) is 9.97 Å². The predicted molar refractivity (Wildman–Crippen MR) is 77.6 cm³/mol. The maximum Gasteiger partial charge on any atom is 0.254 e. The van der Waals surface area contributed by atoms with Gasteiger partial charge >= 0.3 is 0 Å². The first-order valence-corrected chi connectivity index (χ1v) is 6.54. The van der Waals surface area contributed by atoms with Crippen molar-refractivity contribution in [3.8, 4) is 0 Å². The first kappa shape index (κ1) is 14.0. The van der Waals surface area contributed by atoms with Gasteiger partial charge in [0.05, 0.1) is 11.9 Å². The van der Waals surface area contributed by atoms with E-state index in [9.17, 15) is 4.79 Å². The third kappa shape index (κ3) is 3.81. The fourth-order valence-corrected chi connectivity index (χ4v) is 1.78. The fourth-order valence-electron chi connectivity index (χ4n) is 1.78. The lowest BCUT2D eigenvalue weighted by Gasteiger charge is -2.10. The minimum Gasteiger partial charge on any atom is -0.370 e. The molecule has 0 bridgehead atoms. The number of pyridine rings is 1. The van der Waals surface area contributed by atoms with Crippen LogP contribution in [0.2, 0.25) is 0 Å². The van der Waals surface area contributed by atoms with Gasteiger partial charge in [0.25, 0.3) is 5.91 Å². The van der Waals surface area contributed by atoms with Gasteiger partial charge in [0.2, 0.25) is 0 Å². The summed E-state index contributed by atoms with van der Waals surface area (Å²) in [7, 11) is 3.45. The van der Waals surface area contributed by atoms with Crippen LogP contribution in [0.4, 0.5) is 5.82 Å². The summed E-state index contributed by atoms with van der Waals surface area (Å²) in [6, 6.07) is 3.61. The molecule has 2 heterocycles. The molecule has 0 saturated carbocycles. The van der Waals surface area contributed by atoms with E-state index in [0.717, 1.165) is 25.3 Å². The van der Waals surface area contributed by atoms with Crippen LogP contribution in [-0.4, -0.2) is 46.0 Å². The Morgan fingerprint density at radius 2 is 2.25 bits per heavy atom. The van der Waals surface area contributed by atoms with Crippen molar-refractivity contribution in [2.75, 3.05) is 26.0 Å². The highest BCUT2D eigenvalue weighted by Gasteiger charge is 2.07. The van der Waals surface area contributed by atoms with Gasteiger partial charge in [-0.3, -0.25) is 4.79 Å². The van der Waals surface area contributed by atoms with Gasteiger partial charge in [0, 0.05) is 45.8 Å². The number of anilines is 1. The average molecular weight is 273 g/mol. The standard InChI is InChI=1S/C14H19N5O/c1-18(2)14(20)12-4-5-13(17-10-12)16-6-3-8-19-9-7-15-11-19/h4-5,7,9-11H,3,6,8H2,1-2H3,(H,16,17). The summed E-state index contributed by atoms with van der Waals surface area (Å²) in [5.41, 5.74) is 0.596. The van der Waals surface area contributed by atoms with Crippen LogP contribution in [0.5, 0.6) is 0 Å². The Kier molecular flexibility index (Phi) is 4.70. The maximum absolute atomic E-state index is 11.7. The number of hydrogen-bond donors (Lipinski definition) is 1. The van der Waals surface area contributed by atoms with E-state index in [0.29, 0.717) is 5.56 Å². The highest BCUT2D eigenvalue weighted by molar-refractivity contribution is 5.93. The zero-order valence-corrected chi connectivity index (χ0v) is 11.8. The Hall–Kier alpha value is -2.37. The molecule has 1 N–H and O–H groups in total. The Balaban J connectivity index is 1.77. The van der Waals surface area contributed by atoms with Crippen LogP contribution >= 0.6 is 0 Å². The molecule has 6 nitrogen and oxygen atoms in total. The molecule has 20 heavy (non-hydrogen) atoms. The molecule has 2 aromatic rings. The number of hydrogen-bond acceptors (Lipinski definition) is 4. The SMILES string of the molecule is CN(C)C(=O)c1ccc(NCCCn2ccnc2)nc1. The topological polar surface area (TPSA) is 63.1 Å². The first-order chi connectivity index (χ1) is 9.66. The normalized spacial score (nSPS) is 10.3. The Morgan fingerprint density at radius 1 is 1.40 bits per heavy atom. The number of carbonyl (C=O) groups is 1. The number of aromatic nitrogens is 3. The molecular formula is C14H19N5O. The number of rotatable bonds is 6. The van der Waals surface area contributed by atoms with Crippen LogP contribution in [0.25, 0.3) is 0 Å². The second kappa shape index (κ2) is 6.70. The minimum absolute atomic E-state index is 0.0378. The monoisotopic (exact) mass is 273 g/mol. The number of nitrogens with one attached hydrogen (secondary N) is 1. The lowest BCUT2D eigenvalue weighted by atomic mass is 10.2. The smallest absolute Gasteiger partial charge is 0.254 e. The molecular weight excluding hydrogens is 254 g/mol. The van der Waals surface area contributed by atoms with Crippen molar-refractivity contribution in [1.82, 2.24) is 19.4 Å². The largest absolute Gasteiger partial charge is 0.370 e. The van der Waals surface area contributed by atoms with Gasteiger partial charge in [0.1, 0.15) is 5.82 Å². The zero-order valence-electron chi connectivity index (χ0n) is 11.8. The molecule has 1 amide bonds. The van der Waals surface area contributed by atoms with E-state index in [-0.39, 0.29) is 5.91 Å². The predicted octanol–water partition coefficient (Wildman–Crippen LogP) is 1.48. The third-order valence-corrected chi connectivity index (χ3v) is 2.88. The summed E-state index contributed by atoms with van der Waals surface area (Å²) >= 11 is 0. The summed E-state index contributed by atoms with van der Waals surface area (Å²) in [6.07, 6.45) is 8.10. The lowest BCUT2D eigenvalue weighted by molar-refractivity contribution is 0.0827. The van der Waals surface area contributed by atoms with Crippen molar-refractivity contribution < 1.29 is 4.79 Å². The minimum atomic E-state index is -0.0378. The zero-order chi connectivity index (χ0) is 14.4. The van der Waals surface area contributed by atoms with Gasteiger partial charge in [-0.15, -0.1) is 0 Å². The molecule has 0 radical (unpaired) electrons. The second-order valence-electron chi connectivity index (χ2n) is 4.71. The number of carbonyl (C=O) groups excluding carboxylic acids is 1. The summed E-state index contributed by atoms with van der Waals surface area (Å²) < 4.78 is 2.04. The Labute approximate surface area is 118 Å². The van der Waals surface area contributed by atoms with E-state index < -0.39 is 0 Å². The van der Waals surface area contributed by atoms with Crippen LogP contribution in [-0.2, 0) is 6.54 Å². The molecule has 0 fully saturated rings. The maximum atomic E-state index is 11.7. The lowest BCUT2D eigenvalue weighted by Crippen LogP contribution is -2.21. The van der Waals surface area contributed by atoms with Crippen LogP contribution < -0.4 is 5.32 Å². The number of aryl methyl sites for hydroxylation is 1. The van der Waals surface area contributed by atoms with Crippen molar-refractivity contribution in [1.29, 1.82) is 0 Å². The van der Waals surface area contributed by atoms with Gasteiger partial charge in [0.15, 0.2) is 0 Å². The average Bonchev–Trinajstić information content (AvgIpc) is 2.96. The van der Waals surface area contributed by atoms with Crippen molar-refractivity contribution in [2.45, 2.75) is 13.0 Å². The molecule has 0 aliphatic heterocycles. The molecule has 106 valence electrons. The van der Waals surface area contributed by atoms with Crippen molar-refractivity contribution >= 4 is 11.7 Å². The van der Waals surface area contributed by atoms with Crippen molar-refractivity contribution in [3.05, 3.63) is 42.6 Å². The van der Waals surface area contributed by atoms with Crippen LogP contribution in [0.3, 0.4) is 0 Å². The summed E-state index contributed by atoms with van der Waals surface area (Å²) in [5, 5.41) is 3.23. The molecule has 2 rings (SSSR count).